The predicted molar refractivity (Wildman–Crippen MR) is 95.4 cm³/mol. The van der Waals surface area contributed by atoms with Crippen molar-refractivity contribution in [2.24, 2.45) is 0 Å². The number of hydrogen-bond acceptors (Lipinski definition) is 6. The van der Waals surface area contributed by atoms with Gasteiger partial charge in [0.15, 0.2) is 15.7 Å². The van der Waals surface area contributed by atoms with Crippen molar-refractivity contribution in [3.8, 4) is 22.1 Å². The van der Waals surface area contributed by atoms with Crippen LogP contribution in [-0.4, -0.2) is 32.8 Å². The number of benzene rings is 1. The Bertz CT molecular complexity index is 957. The largest absolute Gasteiger partial charge is 0.495 e. The van der Waals surface area contributed by atoms with Crippen LogP contribution in [0.15, 0.2) is 24.3 Å². The molecule has 0 fully saturated rings. The summed E-state index contributed by atoms with van der Waals surface area (Å²) in [6, 6.07) is 7.55. The Balaban J connectivity index is 2.17. The van der Waals surface area contributed by atoms with E-state index in [1.807, 2.05) is 31.2 Å². The Kier molecular flexibility index (Phi) is 4.45. The second-order valence-electron chi connectivity index (χ2n) is 4.97. The summed E-state index contributed by atoms with van der Waals surface area (Å²) in [6.45, 7) is 3.31. The molecule has 0 aliphatic rings. The Morgan fingerprint density at radius 1 is 1.42 bits per heavy atom. The summed E-state index contributed by atoms with van der Waals surface area (Å²) in [7, 11) is 1.61. The van der Waals surface area contributed by atoms with Gasteiger partial charge in [-0.3, -0.25) is 14.5 Å². The third kappa shape index (κ3) is 2.95. The van der Waals surface area contributed by atoms with E-state index in [-0.39, 0.29) is 5.91 Å². The fourth-order valence-electron chi connectivity index (χ4n) is 2.30. The average Bonchev–Trinajstić information content (AvgIpc) is 3.09. The third-order valence-electron chi connectivity index (χ3n) is 3.28. The second kappa shape index (κ2) is 6.54. The normalized spacial score (nSPS) is 10.6. The number of hydrogen-bond donors (Lipinski definition) is 2. The highest BCUT2D eigenvalue weighted by atomic mass is 32.1. The molecule has 1 aromatic carbocycles. The van der Waals surface area contributed by atoms with Gasteiger partial charge in [-0.1, -0.05) is 23.5 Å². The number of amides is 1. The van der Waals surface area contributed by atoms with Crippen LogP contribution in [0.3, 0.4) is 0 Å². The Hall–Kier alpha value is -2.52. The summed E-state index contributed by atoms with van der Waals surface area (Å²) >= 11 is 6.73. The lowest BCUT2D eigenvalue weighted by Crippen LogP contribution is -2.04. The topological polar surface area (TPSA) is 84.8 Å². The van der Waals surface area contributed by atoms with Gasteiger partial charge in [-0.2, -0.15) is 5.10 Å². The highest BCUT2D eigenvalue weighted by Crippen LogP contribution is 2.34. The molecule has 0 radical (unpaired) electrons. The number of carbonyl (C=O) groups is 1. The lowest BCUT2D eigenvalue weighted by atomic mass is 10.2. The highest BCUT2D eigenvalue weighted by molar-refractivity contribution is 7.71. The number of aromatic amines is 1. The van der Waals surface area contributed by atoms with Gasteiger partial charge < -0.3 is 10.1 Å². The van der Waals surface area contributed by atoms with Crippen LogP contribution in [-0.2, 0) is 4.79 Å². The Morgan fingerprint density at radius 2 is 2.17 bits per heavy atom. The zero-order valence-electron chi connectivity index (χ0n) is 13.3. The summed E-state index contributed by atoms with van der Waals surface area (Å²) < 4.78 is 7.67. The Morgan fingerprint density at radius 3 is 2.88 bits per heavy atom. The van der Waals surface area contributed by atoms with Crippen molar-refractivity contribution in [2.75, 3.05) is 12.4 Å². The molecular weight excluding hydrogens is 346 g/mol. The molecule has 2 N–H and O–H groups in total. The van der Waals surface area contributed by atoms with Crippen molar-refractivity contribution in [1.82, 2.24) is 19.7 Å². The molecule has 0 saturated heterocycles. The van der Waals surface area contributed by atoms with Crippen LogP contribution in [0.4, 0.5) is 5.13 Å². The van der Waals surface area contributed by atoms with Crippen LogP contribution < -0.4 is 10.1 Å². The minimum Gasteiger partial charge on any atom is -0.495 e. The quantitative estimate of drug-likeness (QED) is 0.696. The number of rotatable bonds is 4. The van der Waals surface area contributed by atoms with Crippen molar-refractivity contribution >= 4 is 34.6 Å². The molecule has 9 heteroatoms. The second-order valence-corrected chi connectivity index (χ2v) is 6.36. The van der Waals surface area contributed by atoms with Crippen LogP contribution in [0.5, 0.6) is 5.75 Å². The molecule has 124 valence electrons. The molecule has 24 heavy (non-hydrogen) atoms. The van der Waals surface area contributed by atoms with Gasteiger partial charge in [0.25, 0.3) is 0 Å². The van der Waals surface area contributed by atoms with E-state index >= 15 is 0 Å². The first-order valence-electron chi connectivity index (χ1n) is 7.07. The van der Waals surface area contributed by atoms with E-state index in [0.717, 1.165) is 16.3 Å². The zero-order chi connectivity index (χ0) is 17.3. The van der Waals surface area contributed by atoms with Crippen LogP contribution >= 0.6 is 23.6 Å². The molecule has 2 heterocycles. The van der Waals surface area contributed by atoms with Gasteiger partial charge in [-0.25, -0.2) is 4.98 Å². The van der Waals surface area contributed by atoms with Crippen LogP contribution in [0.1, 0.15) is 12.6 Å². The molecule has 0 saturated carbocycles. The van der Waals surface area contributed by atoms with E-state index in [0.29, 0.717) is 21.5 Å². The van der Waals surface area contributed by atoms with E-state index in [1.54, 1.807) is 11.7 Å². The SMILES string of the molecule is COc1ccccc1-n1c(-c2sc(NC(C)=O)nc2C)n[nH]c1=S. The third-order valence-corrected chi connectivity index (χ3v) is 4.62. The lowest BCUT2D eigenvalue weighted by Gasteiger charge is -2.10. The summed E-state index contributed by atoms with van der Waals surface area (Å²) in [5.41, 5.74) is 1.54. The number of H-pyrrole nitrogens is 1. The van der Waals surface area contributed by atoms with Gasteiger partial charge in [-0.05, 0) is 31.3 Å². The molecule has 2 aromatic heterocycles. The number of thiazole rings is 1. The number of ether oxygens (including phenoxy) is 1. The number of methoxy groups -OCH3 is 1. The van der Waals surface area contributed by atoms with Gasteiger partial charge in [0.05, 0.1) is 23.4 Å². The van der Waals surface area contributed by atoms with Crippen molar-refractivity contribution in [3.05, 3.63) is 34.7 Å². The summed E-state index contributed by atoms with van der Waals surface area (Å²) in [4.78, 5) is 16.4. The van der Waals surface area contributed by atoms with E-state index in [9.17, 15) is 4.79 Å². The molecule has 0 spiro atoms. The zero-order valence-corrected chi connectivity index (χ0v) is 14.9. The highest BCUT2D eigenvalue weighted by Gasteiger charge is 2.19. The number of aromatic nitrogens is 4. The first-order valence-corrected chi connectivity index (χ1v) is 8.30. The van der Waals surface area contributed by atoms with Gasteiger partial charge in [0, 0.05) is 6.92 Å². The van der Waals surface area contributed by atoms with Gasteiger partial charge in [0.1, 0.15) is 5.75 Å². The Labute approximate surface area is 147 Å². The van der Waals surface area contributed by atoms with Crippen LogP contribution in [0.2, 0.25) is 0 Å². The van der Waals surface area contributed by atoms with Gasteiger partial charge >= 0.3 is 0 Å². The van der Waals surface area contributed by atoms with E-state index in [4.69, 9.17) is 17.0 Å². The van der Waals surface area contributed by atoms with Crippen LogP contribution in [0, 0.1) is 11.7 Å². The molecule has 3 aromatic rings. The van der Waals surface area contributed by atoms with E-state index in [2.05, 4.69) is 20.5 Å². The molecule has 1 amide bonds. The van der Waals surface area contributed by atoms with Crippen molar-refractivity contribution in [2.45, 2.75) is 13.8 Å². The molecule has 0 atom stereocenters. The maximum atomic E-state index is 11.2. The molecule has 3 rings (SSSR count). The predicted octanol–water partition coefficient (Wildman–Crippen LogP) is 3.33. The lowest BCUT2D eigenvalue weighted by molar-refractivity contribution is -0.114. The van der Waals surface area contributed by atoms with E-state index < -0.39 is 0 Å². The molecule has 0 bridgehead atoms. The van der Waals surface area contributed by atoms with Crippen LogP contribution in [0.25, 0.3) is 16.4 Å². The number of aryl methyl sites for hydroxylation is 1. The molecule has 0 unspecified atom stereocenters. The monoisotopic (exact) mass is 361 g/mol. The minimum atomic E-state index is -0.168. The first kappa shape index (κ1) is 16.3. The van der Waals surface area contributed by atoms with E-state index in [1.165, 1.54) is 18.3 Å². The molecule has 0 aliphatic carbocycles. The van der Waals surface area contributed by atoms with Gasteiger partial charge in [0.2, 0.25) is 5.91 Å². The standard InChI is InChI=1S/C15H15N5O2S2/c1-8-12(24-14(16-8)17-9(2)21)13-18-19-15(23)20(13)10-6-4-5-7-11(10)22-3/h4-7H,1-3H3,(H,19,23)(H,16,17,21). The maximum absolute atomic E-state index is 11.2. The van der Waals surface area contributed by atoms with Crippen molar-refractivity contribution < 1.29 is 9.53 Å². The number of anilines is 1. The number of nitrogens with zero attached hydrogens (tertiary/aromatic N) is 3. The smallest absolute Gasteiger partial charge is 0.223 e. The summed E-state index contributed by atoms with van der Waals surface area (Å²) in [5, 5.41) is 10.4. The van der Waals surface area contributed by atoms with Crippen molar-refractivity contribution in [1.29, 1.82) is 0 Å². The number of para-hydroxylation sites is 2. The van der Waals surface area contributed by atoms with Crippen molar-refractivity contribution in [3.63, 3.8) is 0 Å². The molecular formula is C15H15N5O2S2. The number of carbonyl (C=O) groups excluding carboxylic acids is 1. The molecule has 0 aliphatic heterocycles. The minimum absolute atomic E-state index is 0.168. The van der Waals surface area contributed by atoms with Gasteiger partial charge in [-0.15, -0.1) is 0 Å². The number of nitrogens with one attached hydrogen (secondary N) is 2. The fraction of sp³-hybridized carbons (Fsp3) is 0.200. The first-order chi connectivity index (χ1) is 11.5. The fourth-order valence-corrected chi connectivity index (χ4v) is 3.52. The molecule has 7 nitrogen and oxygen atoms in total. The summed E-state index contributed by atoms with van der Waals surface area (Å²) in [5.74, 6) is 1.13. The summed E-state index contributed by atoms with van der Waals surface area (Å²) in [6.07, 6.45) is 0. The average molecular weight is 361 g/mol. The maximum Gasteiger partial charge on any atom is 0.223 e.